The van der Waals surface area contributed by atoms with Crippen molar-refractivity contribution in [1.29, 1.82) is 0 Å². The van der Waals surface area contributed by atoms with Gasteiger partial charge in [-0.3, -0.25) is 5.43 Å². The Kier molecular flexibility index (Phi) is 6.65. The topological polar surface area (TPSA) is 67.6 Å². The first-order chi connectivity index (χ1) is 9.76. The Morgan fingerprint density at radius 1 is 1.33 bits per heavy atom. The molecular weight excluding hydrogens is 266 g/mol. The van der Waals surface area contributed by atoms with E-state index in [9.17, 15) is 4.79 Å². The lowest BCUT2D eigenvalue weighted by Crippen LogP contribution is -2.44. The second-order valence-electron chi connectivity index (χ2n) is 6.27. The molecule has 0 heterocycles. The summed E-state index contributed by atoms with van der Waals surface area (Å²) in [5, 5.41) is 1.71. The smallest absolute Gasteiger partial charge is 0.422 e. The van der Waals surface area contributed by atoms with Crippen molar-refractivity contribution in [3.8, 4) is 0 Å². The van der Waals surface area contributed by atoms with Gasteiger partial charge in [-0.2, -0.15) is 0 Å². The predicted molar refractivity (Wildman–Crippen MR) is 84.7 cm³/mol. The Hall–Kier alpha value is -1.59. The van der Waals surface area contributed by atoms with Crippen LogP contribution in [-0.4, -0.2) is 36.3 Å². The number of ether oxygens (including phenoxy) is 1. The van der Waals surface area contributed by atoms with E-state index < -0.39 is 11.7 Å². The molecule has 5 nitrogen and oxygen atoms in total. The van der Waals surface area contributed by atoms with Crippen molar-refractivity contribution in [2.24, 2.45) is 5.73 Å². The van der Waals surface area contributed by atoms with Crippen LogP contribution in [0.15, 0.2) is 30.3 Å². The van der Waals surface area contributed by atoms with Crippen LogP contribution in [0.1, 0.15) is 32.8 Å². The zero-order valence-corrected chi connectivity index (χ0v) is 13.4. The van der Waals surface area contributed by atoms with Gasteiger partial charge in [0.05, 0.1) is 0 Å². The molecule has 21 heavy (non-hydrogen) atoms. The standard InChI is InChI=1S/C16H27N3O2/c1-16(2,3)21-15(20)18-19(4)11-10-14(17)12-13-8-6-5-7-9-13/h5-9,14H,10-12,17H2,1-4H3,(H,18,20)/t14-/m1/s1. The molecule has 0 saturated heterocycles. The normalized spacial score (nSPS) is 13.0. The summed E-state index contributed by atoms with van der Waals surface area (Å²) in [5.41, 5.74) is 9.53. The average molecular weight is 293 g/mol. The molecule has 1 aromatic rings. The third-order valence-electron chi connectivity index (χ3n) is 2.86. The van der Waals surface area contributed by atoms with Crippen LogP contribution in [0.5, 0.6) is 0 Å². The number of carbonyl (C=O) groups excluding carboxylic acids is 1. The number of carbonyl (C=O) groups is 1. The maximum atomic E-state index is 11.6. The Bertz CT molecular complexity index is 429. The van der Waals surface area contributed by atoms with Gasteiger partial charge >= 0.3 is 6.09 Å². The van der Waals surface area contributed by atoms with Gasteiger partial charge in [-0.05, 0) is 39.2 Å². The fraction of sp³-hybridized carbons (Fsp3) is 0.562. The first kappa shape index (κ1) is 17.5. The molecule has 0 unspecified atom stereocenters. The molecular formula is C16H27N3O2. The number of amides is 1. The summed E-state index contributed by atoms with van der Waals surface area (Å²) in [4.78, 5) is 11.6. The number of nitrogens with two attached hydrogens (primary N) is 1. The summed E-state index contributed by atoms with van der Waals surface area (Å²) in [6.45, 7) is 6.18. The van der Waals surface area contributed by atoms with Crippen LogP contribution in [0.25, 0.3) is 0 Å². The van der Waals surface area contributed by atoms with Crippen molar-refractivity contribution in [1.82, 2.24) is 10.4 Å². The number of nitrogens with zero attached hydrogens (tertiary/aromatic N) is 1. The van der Waals surface area contributed by atoms with Crippen LogP contribution in [0, 0.1) is 0 Å². The molecule has 3 N–H and O–H groups in total. The minimum absolute atomic E-state index is 0.0651. The second kappa shape index (κ2) is 8.00. The van der Waals surface area contributed by atoms with Gasteiger partial charge in [0.15, 0.2) is 0 Å². The highest BCUT2D eigenvalue weighted by atomic mass is 16.6. The number of rotatable bonds is 6. The van der Waals surface area contributed by atoms with Crippen molar-refractivity contribution in [2.75, 3.05) is 13.6 Å². The maximum Gasteiger partial charge on any atom is 0.422 e. The van der Waals surface area contributed by atoms with E-state index in [0.29, 0.717) is 6.54 Å². The Balaban J connectivity index is 2.26. The van der Waals surface area contributed by atoms with E-state index in [2.05, 4.69) is 17.6 Å². The summed E-state index contributed by atoms with van der Waals surface area (Å²) < 4.78 is 5.19. The summed E-state index contributed by atoms with van der Waals surface area (Å²) in [5.74, 6) is 0. The minimum atomic E-state index is -0.491. The molecule has 0 aliphatic rings. The van der Waals surface area contributed by atoms with Crippen molar-refractivity contribution >= 4 is 6.09 Å². The molecule has 0 aliphatic carbocycles. The Morgan fingerprint density at radius 2 is 1.95 bits per heavy atom. The van der Waals surface area contributed by atoms with Gasteiger partial charge in [0.2, 0.25) is 0 Å². The summed E-state index contributed by atoms with van der Waals surface area (Å²) in [6, 6.07) is 10.2. The van der Waals surface area contributed by atoms with E-state index in [1.165, 1.54) is 5.56 Å². The van der Waals surface area contributed by atoms with Gasteiger partial charge in [-0.15, -0.1) is 0 Å². The summed E-state index contributed by atoms with van der Waals surface area (Å²) in [7, 11) is 1.80. The first-order valence-corrected chi connectivity index (χ1v) is 7.26. The predicted octanol–water partition coefficient (Wildman–Crippen LogP) is 2.32. The van der Waals surface area contributed by atoms with Gasteiger partial charge in [-0.25, -0.2) is 9.80 Å². The van der Waals surface area contributed by atoms with Crippen LogP contribution in [0.2, 0.25) is 0 Å². The number of benzene rings is 1. The largest absolute Gasteiger partial charge is 0.443 e. The molecule has 1 aromatic carbocycles. The molecule has 0 aromatic heterocycles. The van der Waals surface area contributed by atoms with E-state index in [4.69, 9.17) is 10.5 Å². The van der Waals surface area contributed by atoms with E-state index in [1.807, 2.05) is 39.0 Å². The van der Waals surface area contributed by atoms with E-state index in [1.54, 1.807) is 12.1 Å². The number of hydrazine groups is 1. The van der Waals surface area contributed by atoms with Crippen molar-refractivity contribution in [3.05, 3.63) is 35.9 Å². The van der Waals surface area contributed by atoms with Gasteiger partial charge in [-0.1, -0.05) is 30.3 Å². The molecule has 0 saturated carbocycles. The molecule has 0 bridgehead atoms. The van der Waals surface area contributed by atoms with E-state index in [-0.39, 0.29) is 6.04 Å². The lowest BCUT2D eigenvalue weighted by Gasteiger charge is -2.24. The molecule has 1 rings (SSSR count). The number of nitrogens with one attached hydrogen (secondary N) is 1. The van der Waals surface area contributed by atoms with E-state index in [0.717, 1.165) is 12.8 Å². The quantitative estimate of drug-likeness (QED) is 0.790. The Labute approximate surface area is 127 Å². The second-order valence-corrected chi connectivity index (χ2v) is 6.27. The lowest BCUT2D eigenvalue weighted by molar-refractivity contribution is 0.0365. The van der Waals surface area contributed by atoms with Crippen LogP contribution < -0.4 is 11.2 Å². The van der Waals surface area contributed by atoms with E-state index >= 15 is 0 Å². The van der Waals surface area contributed by atoms with Crippen molar-refractivity contribution in [3.63, 3.8) is 0 Å². The highest BCUT2D eigenvalue weighted by Crippen LogP contribution is 2.07. The number of hydrogen-bond donors (Lipinski definition) is 2. The van der Waals surface area contributed by atoms with Gasteiger partial charge in [0.1, 0.15) is 5.60 Å². The summed E-state index contributed by atoms with van der Waals surface area (Å²) in [6.07, 6.45) is 1.18. The molecule has 1 atom stereocenters. The first-order valence-electron chi connectivity index (χ1n) is 7.26. The van der Waals surface area contributed by atoms with Crippen molar-refractivity contribution in [2.45, 2.75) is 45.3 Å². The van der Waals surface area contributed by atoms with Crippen LogP contribution in [0.4, 0.5) is 4.79 Å². The lowest BCUT2D eigenvalue weighted by atomic mass is 10.0. The van der Waals surface area contributed by atoms with Crippen LogP contribution in [0.3, 0.4) is 0 Å². The highest BCUT2D eigenvalue weighted by Gasteiger charge is 2.17. The van der Waals surface area contributed by atoms with Crippen molar-refractivity contribution < 1.29 is 9.53 Å². The number of hydrogen-bond acceptors (Lipinski definition) is 4. The van der Waals surface area contributed by atoms with Crippen LogP contribution in [-0.2, 0) is 11.2 Å². The maximum absolute atomic E-state index is 11.6. The van der Waals surface area contributed by atoms with Gasteiger partial charge in [0.25, 0.3) is 0 Å². The summed E-state index contributed by atoms with van der Waals surface area (Å²) >= 11 is 0. The molecule has 0 radical (unpaired) electrons. The zero-order chi connectivity index (χ0) is 15.9. The molecule has 0 spiro atoms. The minimum Gasteiger partial charge on any atom is -0.443 e. The third-order valence-corrected chi connectivity index (χ3v) is 2.86. The fourth-order valence-electron chi connectivity index (χ4n) is 1.89. The monoisotopic (exact) mass is 293 g/mol. The van der Waals surface area contributed by atoms with Crippen LogP contribution >= 0.6 is 0 Å². The zero-order valence-electron chi connectivity index (χ0n) is 13.4. The molecule has 118 valence electrons. The van der Waals surface area contributed by atoms with Gasteiger partial charge in [0, 0.05) is 19.6 Å². The average Bonchev–Trinajstić information content (AvgIpc) is 2.35. The SMILES string of the molecule is CN(CC[C@@H](N)Cc1ccccc1)NC(=O)OC(C)(C)C. The molecule has 1 amide bonds. The van der Waals surface area contributed by atoms with Gasteiger partial charge < -0.3 is 10.5 Å². The third kappa shape index (κ3) is 8.32. The molecule has 5 heteroatoms. The Morgan fingerprint density at radius 3 is 2.52 bits per heavy atom. The molecule has 0 aliphatic heterocycles. The fourth-order valence-corrected chi connectivity index (χ4v) is 1.89. The highest BCUT2D eigenvalue weighted by molar-refractivity contribution is 5.66. The molecule has 0 fully saturated rings.